The highest BCUT2D eigenvalue weighted by atomic mass is 31.2. The number of rotatable bonds is 4. The summed E-state index contributed by atoms with van der Waals surface area (Å²) in [6.45, 7) is 0. The highest BCUT2D eigenvalue weighted by Crippen LogP contribution is 2.52. The van der Waals surface area contributed by atoms with Gasteiger partial charge in [-0.05, 0) is 36.4 Å². The van der Waals surface area contributed by atoms with Crippen molar-refractivity contribution in [3.05, 3.63) is 146 Å². The lowest BCUT2D eigenvalue weighted by Crippen LogP contribution is -2.30. The van der Waals surface area contributed by atoms with E-state index in [0.717, 1.165) is 32.8 Å². The molecule has 0 bridgehead atoms. The molecule has 0 saturated carbocycles. The fraction of sp³-hybridized carbons (Fsp3) is 0. The lowest BCUT2D eigenvalue weighted by molar-refractivity contribution is 0.485. The van der Waals surface area contributed by atoms with Crippen molar-refractivity contribution < 1.29 is 13.7 Å². The number of benzene rings is 6. The second-order valence-corrected chi connectivity index (χ2v) is 13.9. The summed E-state index contributed by atoms with van der Waals surface area (Å²) >= 11 is 0. The van der Waals surface area contributed by atoms with E-state index < -0.39 is 7.14 Å². The molecule has 0 amide bonds. The molecule has 9 rings (SSSR count). The molecule has 1 aliphatic heterocycles. The molecule has 0 aliphatic carbocycles. The summed E-state index contributed by atoms with van der Waals surface area (Å²) in [4.78, 5) is 14.7. The predicted octanol–water partition coefficient (Wildman–Crippen LogP) is 8.52. The number of nitrogens with zero attached hydrogens (tertiary/aromatic N) is 3. The topological polar surface area (TPSA) is 78.1 Å². The molecular formula is C39H24N3O3P. The average molecular weight is 614 g/mol. The first-order valence-corrected chi connectivity index (χ1v) is 16.7. The minimum atomic E-state index is -3.25. The maximum absolute atomic E-state index is 15.3. The molecule has 6 nitrogen and oxygen atoms in total. The van der Waals surface area contributed by atoms with E-state index in [0.29, 0.717) is 50.7 Å². The van der Waals surface area contributed by atoms with Crippen molar-refractivity contribution in [2.45, 2.75) is 0 Å². The Morgan fingerprint density at radius 1 is 0.457 bits per heavy atom. The SMILES string of the molecule is O=P1(c2ccccc2)c2ccccc2Oc2cc3oc4ccc(-c5nc(-c6ccccc6)nc(-c6ccccc6)n5)cc4c3cc21. The van der Waals surface area contributed by atoms with Crippen LogP contribution in [0, 0.1) is 0 Å². The summed E-state index contributed by atoms with van der Waals surface area (Å²) in [5.41, 5.74) is 3.98. The molecule has 0 N–H and O–H groups in total. The summed E-state index contributed by atoms with van der Waals surface area (Å²) in [7, 11) is -3.25. The van der Waals surface area contributed by atoms with Gasteiger partial charge >= 0.3 is 0 Å². The third-order valence-electron chi connectivity index (χ3n) is 8.39. The Labute approximate surface area is 264 Å². The van der Waals surface area contributed by atoms with Crippen LogP contribution in [0.15, 0.2) is 150 Å². The number of fused-ring (bicyclic) bond motifs is 5. The van der Waals surface area contributed by atoms with Crippen LogP contribution < -0.4 is 20.7 Å². The maximum Gasteiger partial charge on any atom is 0.178 e. The van der Waals surface area contributed by atoms with E-state index in [1.807, 2.05) is 146 Å². The van der Waals surface area contributed by atoms with Gasteiger partial charge in [0.2, 0.25) is 0 Å². The Kier molecular flexibility index (Phi) is 5.99. The second kappa shape index (κ2) is 10.4. The van der Waals surface area contributed by atoms with Crippen LogP contribution in [0.3, 0.4) is 0 Å². The minimum Gasteiger partial charge on any atom is -0.456 e. The van der Waals surface area contributed by atoms with Gasteiger partial charge in [0.1, 0.15) is 22.7 Å². The van der Waals surface area contributed by atoms with Gasteiger partial charge < -0.3 is 13.7 Å². The monoisotopic (exact) mass is 613 g/mol. The number of furan rings is 1. The molecule has 0 saturated heterocycles. The Morgan fingerprint density at radius 2 is 1.02 bits per heavy atom. The second-order valence-electron chi connectivity index (χ2n) is 11.2. The molecule has 8 aromatic rings. The number of hydrogen-bond acceptors (Lipinski definition) is 6. The van der Waals surface area contributed by atoms with Crippen molar-refractivity contribution in [1.82, 2.24) is 15.0 Å². The van der Waals surface area contributed by atoms with Crippen molar-refractivity contribution in [2.75, 3.05) is 0 Å². The standard InChI is InChI=1S/C39H24N3O3P/c43-46(28-16-8-3-9-17-28)35-19-11-10-18-32(35)45-34-24-33-30(23-36(34)46)29-22-27(20-21-31(29)44-33)39-41-37(25-12-4-1-5-13-25)40-38(42-39)26-14-6-2-7-15-26/h1-24H. The first-order chi connectivity index (χ1) is 22.6. The van der Waals surface area contributed by atoms with Crippen molar-refractivity contribution in [3.8, 4) is 45.7 Å². The van der Waals surface area contributed by atoms with E-state index in [-0.39, 0.29) is 0 Å². The van der Waals surface area contributed by atoms with E-state index >= 15 is 4.57 Å². The zero-order chi connectivity index (χ0) is 30.7. The normalized spacial score (nSPS) is 15.3. The zero-order valence-corrected chi connectivity index (χ0v) is 25.3. The van der Waals surface area contributed by atoms with Crippen molar-refractivity contribution in [2.24, 2.45) is 0 Å². The fourth-order valence-corrected chi connectivity index (χ4v) is 9.03. The van der Waals surface area contributed by atoms with Gasteiger partial charge in [0, 0.05) is 38.8 Å². The van der Waals surface area contributed by atoms with Crippen molar-refractivity contribution >= 4 is 45.0 Å². The number of hydrogen-bond donors (Lipinski definition) is 0. The smallest absolute Gasteiger partial charge is 0.178 e. The van der Waals surface area contributed by atoms with E-state index in [1.165, 1.54) is 0 Å². The number of para-hydroxylation sites is 1. The van der Waals surface area contributed by atoms with Gasteiger partial charge in [0.05, 0.1) is 10.6 Å². The average Bonchev–Trinajstić information content (AvgIpc) is 3.48. The van der Waals surface area contributed by atoms with Crippen molar-refractivity contribution in [3.63, 3.8) is 0 Å². The molecule has 6 aromatic carbocycles. The van der Waals surface area contributed by atoms with E-state index in [1.54, 1.807) is 0 Å². The molecule has 1 atom stereocenters. The lowest BCUT2D eigenvalue weighted by atomic mass is 10.1. The number of aromatic nitrogens is 3. The van der Waals surface area contributed by atoms with Gasteiger partial charge in [-0.3, -0.25) is 0 Å². The Morgan fingerprint density at radius 3 is 1.70 bits per heavy atom. The molecule has 2 aromatic heterocycles. The maximum atomic E-state index is 15.3. The third-order valence-corrected chi connectivity index (χ3v) is 11.5. The highest BCUT2D eigenvalue weighted by molar-refractivity contribution is 7.85. The lowest BCUT2D eigenvalue weighted by Gasteiger charge is -2.28. The molecule has 1 aliphatic rings. The zero-order valence-electron chi connectivity index (χ0n) is 24.4. The molecule has 46 heavy (non-hydrogen) atoms. The van der Waals surface area contributed by atoms with Gasteiger partial charge in [0.25, 0.3) is 0 Å². The Hall–Kier alpha value is -5.84. The predicted molar refractivity (Wildman–Crippen MR) is 183 cm³/mol. The van der Waals surface area contributed by atoms with Gasteiger partial charge in [0.15, 0.2) is 24.6 Å². The van der Waals surface area contributed by atoms with Crippen molar-refractivity contribution in [1.29, 1.82) is 0 Å². The first kappa shape index (κ1) is 26.6. The molecule has 3 heterocycles. The molecular weight excluding hydrogens is 589 g/mol. The molecule has 7 heteroatoms. The van der Waals surface area contributed by atoms with E-state index in [2.05, 4.69) is 0 Å². The van der Waals surface area contributed by atoms with Gasteiger partial charge in [-0.25, -0.2) is 15.0 Å². The van der Waals surface area contributed by atoms with Gasteiger partial charge in [-0.15, -0.1) is 0 Å². The molecule has 0 spiro atoms. The molecule has 1 unspecified atom stereocenters. The van der Waals surface area contributed by atoms with E-state index in [4.69, 9.17) is 24.1 Å². The quantitative estimate of drug-likeness (QED) is 0.185. The summed E-state index contributed by atoms with van der Waals surface area (Å²) in [6.07, 6.45) is 0. The van der Waals surface area contributed by atoms with Crippen LogP contribution in [-0.4, -0.2) is 15.0 Å². The number of ether oxygens (including phenoxy) is 1. The third kappa shape index (κ3) is 4.19. The van der Waals surface area contributed by atoms with Crippen LogP contribution in [0.2, 0.25) is 0 Å². The van der Waals surface area contributed by atoms with Crippen LogP contribution in [-0.2, 0) is 4.57 Å². The molecule has 218 valence electrons. The summed E-state index contributed by atoms with van der Waals surface area (Å²) in [5.74, 6) is 2.87. The summed E-state index contributed by atoms with van der Waals surface area (Å²) in [6, 6.07) is 46.8. The van der Waals surface area contributed by atoms with Gasteiger partial charge in [-0.1, -0.05) is 103 Å². The Balaban J connectivity index is 1.25. The van der Waals surface area contributed by atoms with Crippen LogP contribution in [0.4, 0.5) is 0 Å². The van der Waals surface area contributed by atoms with Crippen LogP contribution >= 0.6 is 7.14 Å². The van der Waals surface area contributed by atoms with Crippen LogP contribution in [0.1, 0.15) is 0 Å². The molecule has 0 radical (unpaired) electrons. The fourth-order valence-electron chi connectivity index (χ4n) is 6.17. The van der Waals surface area contributed by atoms with E-state index in [9.17, 15) is 0 Å². The van der Waals surface area contributed by atoms with Crippen LogP contribution in [0.5, 0.6) is 11.5 Å². The molecule has 0 fully saturated rings. The Bertz CT molecular complexity index is 2420. The summed E-state index contributed by atoms with van der Waals surface area (Å²) in [5, 5.41) is 3.81. The van der Waals surface area contributed by atoms with Gasteiger partial charge in [-0.2, -0.15) is 0 Å². The minimum absolute atomic E-state index is 0.537. The highest BCUT2D eigenvalue weighted by Gasteiger charge is 2.39. The first-order valence-electron chi connectivity index (χ1n) is 15.0. The largest absolute Gasteiger partial charge is 0.456 e. The summed E-state index contributed by atoms with van der Waals surface area (Å²) < 4.78 is 28.0. The van der Waals surface area contributed by atoms with Crippen LogP contribution in [0.25, 0.3) is 56.1 Å².